The van der Waals surface area contributed by atoms with Crippen molar-refractivity contribution in [1.82, 2.24) is 4.98 Å². The minimum Gasteiger partial charge on any atom is -0.292 e. The topological polar surface area (TPSA) is 53.8 Å². The first-order valence-electron chi connectivity index (χ1n) is 5.31. The van der Waals surface area contributed by atoms with Crippen molar-refractivity contribution in [3.63, 3.8) is 0 Å². The number of nitrogens with zero attached hydrogens (tertiary/aromatic N) is 2. The zero-order valence-corrected chi connectivity index (χ0v) is 10.1. The molecule has 4 heteroatoms. The fourth-order valence-corrected chi connectivity index (χ4v) is 1.74. The summed E-state index contributed by atoms with van der Waals surface area (Å²) in [5.74, 6) is -1.08. The molecule has 0 spiro atoms. The first kappa shape index (κ1) is 12.3. The number of ketones is 1. The molecule has 1 unspecified atom stereocenters. The van der Waals surface area contributed by atoms with Gasteiger partial charge in [0.25, 0.3) is 0 Å². The summed E-state index contributed by atoms with van der Waals surface area (Å²) < 4.78 is 0. The minimum atomic E-state index is -0.827. The third-order valence-corrected chi connectivity index (χ3v) is 2.79. The van der Waals surface area contributed by atoms with Crippen LogP contribution < -0.4 is 0 Å². The van der Waals surface area contributed by atoms with Crippen molar-refractivity contribution < 1.29 is 4.79 Å². The van der Waals surface area contributed by atoms with E-state index in [1.54, 1.807) is 42.6 Å². The van der Waals surface area contributed by atoms with Gasteiger partial charge in [0.15, 0.2) is 5.78 Å². The maximum absolute atomic E-state index is 12.2. The molecule has 0 saturated carbocycles. The van der Waals surface area contributed by atoms with Crippen molar-refractivity contribution >= 4 is 17.4 Å². The van der Waals surface area contributed by atoms with Crippen LogP contribution in [0.4, 0.5) is 0 Å². The lowest BCUT2D eigenvalue weighted by atomic mass is 9.93. The average Bonchev–Trinajstić information content (AvgIpc) is 2.42. The third kappa shape index (κ3) is 2.55. The van der Waals surface area contributed by atoms with Crippen LogP contribution >= 0.6 is 11.6 Å². The number of halogens is 1. The van der Waals surface area contributed by atoms with Gasteiger partial charge in [0.1, 0.15) is 5.92 Å². The first-order chi connectivity index (χ1) is 8.72. The molecule has 0 amide bonds. The Balaban J connectivity index is 2.33. The molecule has 0 bridgehead atoms. The number of pyridine rings is 1. The summed E-state index contributed by atoms with van der Waals surface area (Å²) >= 11 is 5.78. The van der Waals surface area contributed by atoms with Gasteiger partial charge in [-0.1, -0.05) is 23.7 Å². The van der Waals surface area contributed by atoms with E-state index in [1.165, 1.54) is 6.20 Å². The summed E-state index contributed by atoms with van der Waals surface area (Å²) in [5.41, 5.74) is 1.06. The molecule has 0 radical (unpaired) electrons. The average molecular weight is 257 g/mol. The van der Waals surface area contributed by atoms with Crippen molar-refractivity contribution in [2.45, 2.75) is 5.92 Å². The molecule has 1 atom stereocenters. The van der Waals surface area contributed by atoms with E-state index in [0.717, 1.165) is 0 Å². The number of hydrogen-bond donors (Lipinski definition) is 0. The summed E-state index contributed by atoms with van der Waals surface area (Å²) in [6.07, 6.45) is 3.04. The molecule has 0 aliphatic heterocycles. The van der Waals surface area contributed by atoms with E-state index in [1.807, 2.05) is 6.07 Å². The fraction of sp³-hybridized carbons (Fsp3) is 0.0714. The highest BCUT2D eigenvalue weighted by Crippen LogP contribution is 2.21. The van der Waals surface area contributed by atoms with Gasteiger partial charge < -0.3 is 0 Å². The van der Waals surface area contributed by atoms with Crippen molar-refractivity contribution in [1.29, 1.82) is 5.26 Å². The Kier molecular flexibility index (Phi) is 3.71. The highest BCUT2D eigenvalue weighted by Gasteiger charge is 2.21. The Bertz CT molecular complexity index is 587. The first-order valence-corrected chi connectivity index (χ1v) is 5.69. The van der Waals surface area contributed by atoms with Gasteiger partial charge in [0.05, 0.1) is 6.07 Å². The lowest BCUT2D eigenvalue weighted by Crippen LogP contribution is -2.11. The Morgan fingerprint density at radius 2 is 2.00 bits per heavy atom. The van der Waals surface area contributed by atoms with E-state index >= 15 is 0 Å². The van der Waals surface area contributed by atoms with E-state index in [2.05, 4.69) is 4.98 Å². The molecule has 0 aliphatic carbocycles. The second-order valence-corrected chi connectivity index (χ2v) is 4.16. The van der Waals surface area contributed by atoms with E-state index < -0.39 is 5.92 Å². The van der Waals surface area contributed by atoms with E-state index in [4.69, 9.17) is 16.9 Å². The lowest BCUT2D eigenvalue weighted by Gasteiger charge is -2.08. The minimum absolute atomic E-state index is 0.257. The van der Waals surface area contributed by atoms with Crippen LogP contribution in [0.2, 0.25) is 5.02 Å². The van der Waals surface area contributed by atoms with Gasteiger partial charge >= 0.3 is 0 Å². The molecule has 3 nitrogen and oxygen atoms in total. The molecule has 0 aliphatic rings. The molecule has 88 valence electrons. The number of rotatable bonds is 3. The number of nitriles is 1. The number of Topliss-reactive ketones (excluding diaryl/α,β-unsaturated/α-hetero) is 1. The Labute approximate surface area is 110 Å². The van der Waals surface area contributed by atoms with Gasteiger partial charge in [-0.05, 0) is 29.8 Å². The molecule has 1 heterocycles. The van der Waals surface area contributed by atoms with Crippen LogP contribution in [0.25, 0.3) is 0 Å². The van der Waals surface area contributed by atoms with Crippen molar-refractivity contribution in [2.24, 2.45) is 0 Å². The van der Waals surface area contributed by atoms with Gasteiger partial charge in [-0.25, -0.2) is 0 Å². The summed E-state index contributed by atoms with van der Waals surface area (Å²) in [5, 5.41) is 9.73. The van der Waals surface area contributed by atoms with Gasteiger partial charge in [-0.3, -0.25) is 9.78 Å². The maximum atomic E-state index is 12.2. The maximum Gasteiger partial charge on any atom is 0.185 e. The zero-order valence-electron chi connectivity index (χ0n) is 9.38. The van der Waals surface area contributed by atoms with Crippen molar-refractivity contribution in [2.75, 3.05) is 0 Å². The summed E-state index contributed by atoms with van der Waals surface area (Å²) in [6.45, 7) is 0. The highest BCUT2D eigenvalue weighted by molar-refractivity contribution is 6.30. The molecular weight excluding hydrogens is 248 g/mol. The number of carbonyl (C=O) groups is 1. The molecule has 1 aromatic heterocycles. The SMILES string of the molecule is N#CC(C(=O)c1cccnc1)c1ccc(Cl)cc1. The Hall–Kier alpha value is -2.18. The van der Waals surface area contributed by atoms with Crippen LogP contribution in [-0.2, 0) is 0 Å². The van der Waals surface area contributed by atoms with Crippen LogP contribution in [0.3, 0.4) is 0 Å². The molecule has 2 rings (SSSR count). The standard InChI is InChI=1S/C14H9ClN2O/c15-12-5-3-10(4-6-12)13(8-16)14(18)11-2-1-7-17-9-11/h1-7,9,13H. The third-order valence-electron chi connectivity index (χ3n) is 2.54. The molecule has 0 fully saturated rings. The summed E-state index contributed by atoms with van der Waals surface area (Å²) in [4.78, 5) is 16.0. The van der Waals surface area contributed by atoms with Crippen LogP contribution in [0.15, 0.2) is 48.8 Å². The molecule has 2 aromatic rings. The molecule has 0 N–H and O–H groups in total. The molecular formula is C14H9ClN2O. The monoisotopic (exact) mass is 256 g/mol. The number of benzene rings is 1. The lowest BCUT2D eigenvalue weighted by molar-refractivity contribution is 0.0978. The quantitative estimate of drug-likeness (QED) is 0.793. The van der Waals surface area contributed by atoms with Gasteiger partial charge in [0, 0.05) is 23.0 Å². The van der Waals surface area contributed by atoms with Crippen LogP contribution in [0.5, 0.6) is 0 Å². The Morgan fingerprint density at radius 1 is 1.28 bits per heavy atom. The van der Waals surface area contributed by atoms with Gasteiger partial charge in [-0.2, -0.15) is 5.26 Å². The number of carbonyl (C=O) groups excluding carboxylic acids is 1. The number of hydrogen-bond acceptors (Lipinski definition) is 3. The van der Waals surface area contributed by atoms with Gasteiger partial charge in [-0.15, -0.1) is 0 Å². The van der Waals surface area contributed by atoms with E-state index in [0.29, 0.717) is 16.1 Å². The smallest absolute Gasteiger partial charge is 0.185 e. The predicted molar refractivity (Wildman–Crippen MR) is 68.4 cm³/mol. The normalized spacial score (nSPS) is 11.6. The Morgan fingerprint density at radius 3 is 2.56 bits per heavy atom. The highest BCUT2D eigenvalue weighted by atomic mass is 35.5. The largest absolute Gasteiger partial charge is 0.292 e. The summed E-state index contributed by atoms with van der Waals surface area (Å²) in [7, 11) is 0. The number of aromatic nitrogens is 1. The van der Waals surface area contributed by atoms with Gasteiger partial charge in [0.2, 0.25) is 0 Å². The van der Waals surface area contributed by atoms with E-state index in [9.17, 15) is 4.79 Å². The van der Waals surface area contributed by atoms with Crippen LogP contribution in [-0.4, -0.2) is 10.8 Å². The summed E-state index contributed by atoms with van der Waals surface area (Å²) in [6, 6.07) is 12.0. The van der Waals surface area contributed by atoms with E-state index in [-0.39, 0.29) is 5.78 Å². The molecule has 18 heavy (non-hydrogen) atoms. The van der Waals surface area contributed by atoms with Crippen LogP contribution in [0.1, 0.15) is 21.8 Å². The van der Waals surface area contributed by atoms with Crippen LogP contribution in [0, 0.1) is 11.3 Å². The second kappa shape index (κ2) is 5.44. The van der Waals surface area contributed by atoms with Crippen molar-refractivity contribution in [3.05, 3.63) is 64.9 Å². The zero-order chi connectivity index (χ0) is 13.0. The molecule has 1 aromatic carbocycles. The predicted octanol–water partition coefficient (Wildman–Crippen LogP) is 3.23. The fourth-order valence-electron chi connectivity index (χ4n) is 1.61. The second-order valence-electron chi connectivity index (χ2n) is 3.72. The van der Waals surface area contributed by atoms with Crippen molar-refractivity contribution in [3.8, 4) is 6.07 Å². The molecule has 0 saturated heterocycles.